The van der Waals surface area contributed by atoms with Crippen molar-refractivity contribution in [2.24, 2.45) is 0 Å². The second kappa shape index (κ2) is 9.75. The van der Waals surface area contributed by atoms with Crippen molar-refractivity contribution in [3.63, 3.8) is 0 Å². The molecule has 5 heteroatoms. The van der Waals surface area contributed by atoms with Crippen molar-refractivity contribution in [2.45, 2.75) is 33.2 Å². The monoisotopic (exact) mass is 430 g/mol. The quantitative estimate of drug-likeness (QED) is 0.343. The van der Waals surface area contributed by atoms with Crippen LogP contribution in [-0.2, 0) is 24.2 Å². The molecule has 0 unspecified atom stereocenters. The minimum Gasteiger partial charge on any atom is -0.494 e. The fourth-order valence-electron chi connectivity index (χ4n) is 3.46. The van der Waals surface area contributed by atoms with Crippen LogP contribution in [0.5, 0.6) is 5.75 Å². The topological polar surface area (TPSA) is 42.4 Å². The Hall–Kier alpha value is -3.18. The molecule has 4 rings (SSSR count). The zero-order chi connectivity index (χ0) is 21.6. The highest BCUT2D eigenvalue weighted by Gasteiger charge is 2.21. The SMILES string of the molecule is CCOc1ccc(CC(=O)N(Cc2ccccc2)c2nc3ccc(CC)cc3s2)cc1. The first kappa shape index (κ1) is 21.1. The van der Waals surface area contributed by atoms with Gasteiger partial charge in [0, 0.05) is 0 Å². The molecule has 3 aromatic carbocycles. The lowest BCUT2D eigenvalue weighted by Crippen LogP contribution is -2.31. The molecule has 0 aliphatic heterocycles. The summed E-state index contributed by atoms with van der Waals surface area (Å²) < 4.78 is 6.62. The molecule has 0 spiro atoms. The maximum absolute atomic E-state index is 13.4. The third kappa shape index (κ3) is 5.12. The van der Waals surface area contributed by atoms with Gasteiger partial charge in [0.1, 0.15) is 5.75 Å². The molecule has 0 atom stereocenters. The molecule has 0 fully saturated rings. The van der Waals surface area contributed by atoms with Crippen LogP contribution in [0.4, 0.5) is 5.13 Å². The number of amides is 1. The first-order valence-corrected chi connectivity index (χ1v) is 11.4. The number of anilines is 1. The van der Waals surface area contributed by atoms with Gasteiger partial charge in [-0.05, 0) is 54.3 Å². The van der Waals surface area contributed by atoms with E-state index in [0.29, 0.717) is 19.6 Å². The average Bonchev–Trinajstić information content (AvgIpc) is 3.22. The predicted octanol–water partition coefficient (Wildman–Crippen LogP) is 6.03. The van der Waals surface area contributed by atoms with Crippen LogP contribution in [0.2, 0.25) is 0 Å². The number of hydrogen-bond acceptors (Lipinski definition) is 4. The summed E-state index contributed by atoms with van der Waals surface area (Å²) in [5, 5.41) is 0.739. The van der Waals surface area contributed by atoms with Crippen LogP contribution >= 0.6 is 11.3 Å². The summed E-state index contributed by atoms with van der Waals surface area (Å²) in [7, 11) is 0. The number of carbonyl (C=O) groups excluding carboxylic acids is 1. The van der Waals surface area contributed by atoms with Crippen molar-refractivity contribution < 1.29 is 9.53 Å². The molecule has 0 N–H and O–H groups in total. The van der Waals surface area contributed by atoms with Gasteiger partial charge >= 0.3 is 0 Å². The molecule has 4 nitrogen and oxygen atoms in total. The van der Waals surface area contributed by atoms with Crippen molar-refractivity contribution in [1.29, 1.82) is 0 Å². The lowest BCUT2D eigenvalue weighted by molar-refractivity contribution is -0.118. The number of rotatable bonds is 8. The van der Waals surface area contributed by atoms with Gasteiger partial charge in [-0.25, -0.2) is 4.98 Å². The van der Waals surface area contributed by atoms with E-state index in [1.54, 1.807) is 11.3 Å². The van der Waals surface area contributed by atoms with E-state index in [-0.39, 0.29) is 5.91 Å². The Morgan fingerprint density at radius 2 is 1.68 bits per heavy atom. The van der Waals surface area contributed by atoms with Gasteiger partial charge in [-0.15, -0.1) is 0 Å². The number of aryl methyl sites for hydroxylation is 1. The van der Waals surface area contributed by atoms with Crippen LogP contribution < -0.4 is 9.64 Å². The smallest absolute Gasteiger partial charge is 0.233 e. The van der Waals surface area contributed by atoms with Gasteiger partial charge in [0.05, 0.1) is 29.8 Å². The van der Waals surface area contributed by atoms with E-state index in [1.807, 2.05) is 72.5 Å². The number of thiazole rings is 1. The number of nitrogens with zero attached hydrogens (tertiary/aromatic N) is 2. The molecule has 158 valence electrons. The van der Waals surface area contributed by atoms with Gasteiger partial charge in [-0.3, -0.25) is 9.69 Å². The summed E-state index contributed by atoms with van der Waals surface area (Å²) in [5.74, 6) is 0.848. The summed E-state index contributed by atoms with van der Waals surface area (Å²) in [6.45, 7) is 5.23. The number of benzene rings is 3. The fraction of sp³-hybridized carbons (Fsp3) is 0.231. The molecule has 0 bridgehead atoms. The van der Waals surface area contributed by atoms with Crippen LogP contribution in [0.3, 0.4) is 0 Å². The lowest BCUT2D eigenvalue weighted by Gasteiger charge is -2.20. The zero-order valence-corrected chi connectivity index (χ0v) is 18.7. The molecule has 1 aromatic heterocycles. The van der Waals surface area contributed by atoms with Crippen molar-refractivity contribution >= 4 is 32.6 Å². The zero-order valence-electron chi connectivity index (χ0n) is 17.9. The van der Waals surface area contributed by atoms with Crippen molar-refractivity contribution in [1.82, 2.24) is 4.98 Å². The number of ether oxygens (including phenoxy) is 1. The number of fused-ring (bicyclic) bond motifs is 1. The molecular formula is C26H26N2O2S. The fourth-order valence-corrected chi connectivity index (χ4v) is 4.51. The van der Waals surface area contributed by atoms with E-state index >= 15 is 0 Å². The highest BCUT2D eigenvalue weighted by molar-refractivity contribution is 7.22. The van der Waals surface area contributed by atoms with Crippen LogP contribution in [0, 0.1) is 0 Å². The van der Waals surface area contributed by atoms with Crippen LogP contribution in [0.25, 0.3) is 10.2 Å². The molecule has 31 heavy (non-hydrogen) atoms. The third-order valence-corrected chi connectivity index (χ3v) is 6.20. The normalized spacial score (nSPS) is 10.9. The minimum atomic E-state index is 0.0304. The van der Waals surface area contributed by atoms with Gasteiger partial charge < -0.3 is 4.74 Å². The Labute approximate surface area is 187 Å². The molecule has 0 saturated carbocycles. The predicted molar refractivity (Wildman–Crippen MR) is 128 cm³/mol. The summed E-state index contributed by atoms with van der Waals surface area (Å²) in [6.07, 6.45) is 1.29. The molecule has 0 aliphatic rings. The number of hydrogen-bond donors (Lipinski definition) is 0. The summed E-state index contributed by atoms with van der Waals surface area (Å²) in [5.41, 5.74) is 4.25. The van der Waals surface area contributed by atoms with E-state index in [9.17, 15) is 4.79 Å². The Morgan fingerprint density at radius 3 is 2.39 bits per heavy atom. The first-order chi connectivity index (χ1) is 15.2. The summed E-state index contributed by atoms with van der Waals surface area (Å²) in [4.78, 5) is 20.0. The van der Waals surface area contributed by atoms with Crippen molar-refractivity contribution in [2.75, 3.05) is 11.5 Å². The van der Waals surface area contributed by atoms with Gasteiger partial charge in [-0.1, -0.05) is 66.8 Å². The highest BCUT2D eigenvalue weighted by atomic mass is 32.1. The molecule has 0 aliphatic carbocycles. The Balaban J connectivity index is 1.62. The van der Waals surface area contributed by atoms with Crippen molar-refractivity contribution in [3.8, 4) is 5.75 Å². The van der Waals surface area contributed by atoms with Crippen molar-refractivity contribution in [3.05, 3.63) is 89.5 Å². The molecule has 4 aromatic rings. The summed E-state index contributed by atoms with van der Waals surface area (Å²) >= 11 is 1.58. The maximum atomic E-state index is 13.4. The summed E-state index contributed by atoms with van der Waals surface area (Å²) in [6, 6.07) is 24.1. The van der Waals surface area contributed by atoms with E-state index in [2.05, 4.69) is 19.1 Å². The van der Waals surface area contributed by atoms with Crippen LogP contribution in [-0.4, -0.2) is 17.5 Å². The highest BCUT2D eigenvalue weighted by Crippen LogP contribution is 2.31. The van der Waals surface area contributed by atoms with E-state index in [4.69, 9.17) is 9.72 Å². The standard InChI is InChI=1S/C26H26N2O2S/c1-3-19-12-15-23-24(16-19)31-26(27-23)28(18-21-8-6-5-7-9-21)25(29)17-20-10-13-22(14-11-20)30-4-2/h5-16H,3-4,17-18H2,1-2H3. The van der Waals surface area contributed by atoms with Crippen LogP contribution in [0.15, 0.2) is 72.8 Å². The van der Waals surface area contributed by atoms with E-state index in [1.165, 1.54) is 5.56 Å². The number of carbonyl (C=O) groups is 1. The third-order valence-electron chi connectivity index (χ3n) is 5.15. The second-order valence-electron chi connectivity index (χ2n) is 7.37. The Kier molecular flexibility index (Phi) is 6.63. The Morgan fingerprint density at radius 1 is 0.935 bits per heavy atom. The maximum Gasteiger partial charge on any atom is 0.233 e. The molecule has 0 saturated heterocycles. The second-order valence-corrected chi connectivity index (χ2v) is 8.38. The first-order valence-electron chi connectivity index (χ1n) is 10.6. The largest absolute Gasteiger partial charge is 0.494 e. The number of aromatic nitrogens is 1. The Bertz CT molecular complexity index is 1150. The van der Waals surface area contributed by atoms with Crippen LogP contribution in [0.1, 0.15) is 30.5 Å². The molecule has 1 heterocycles. The average molecular weight is 431 g/mol. The lowest BCUT2D eigenvalue weighted by atomic mass is 10.1. The van der Waals surface area contributed by atoms with Gasteiger partial charge in [0.25, 0.3) is 0 Å². The molecular weight excluding hydrogens is 404 g/mol. The molecule has 1 amide bonds. The minimum absolute atomic E-state index is 0.0304. The van der Waals surface area contributed by atoms with E-state index in [0.717, 1.165) is 38.6 Å². The van der Waals surface area contributed by atoms with Gasteiger partial charge in [0.15, 0.2) is 5.13 Å². The van der Waals surface area contributed by atoms with E-state index < -0.39 is 0 Å². The van der Waals surface area contributed by atoms with Gasteiger partial charge in [-0.2, -0.15) is 0 Å². The van der Waals surface area contributed by atoms with Gasteiger partial charge in [0.2, 0.25) is 5.91 Å². The molecule has 0 radical (unpaired) electrons.